The summed E-state index contributed by atoms with van der Waals surface area (Å²) in [6, 6.07) is 8.46. The van der Waals surface area contributed by atoms with Crippen LogP contribution in [0.25, 0.3) is 0 Å². The van der Waals surface area contributed by atoms with Gasteiger partial charge in [-0.1, -0.05) is 17.7 Å². The fraction of sp³-hybridized carbons (Fsp3) is 0.333. The van der Waals surface area contributed by atoms with Crippen molar-refractivity contribution in [1.82, 2.24) is 4.31 Å². The van der Waals surface area contributed by atoms with Gasteiger partial charge in [0.15, 0.2) is 0 Å². The monoisotopic (exact) mass is 357 g/mol. The quantitative estimate of drug-likeness (QED) is 0.832. The number of rotatable bonds is 4. The Labute approximate surface area is 139 Å². The summed E-state index contributed by atoms with van der Waals surface area (Å²) >= 11 is 7.66. The van der Waals surface area contributed by atoms with Crippen LogP contribution in [-0.4, -0.2) is 26.4 Å². The number of hydrogen-bond acceptors (Lipinski definition) is 4. The molecule has 1 aromatic heterocycles. The Morgan fingerprint density at radius 2 is 2.18 bits per heavy atom. The van der Waals surface area contributed by atoms with Gasteiger partial charge in [-0.15, -0.1) is 11.3 Å². The Balaban J connectivity index is 1.97. The van der Waals surface area contributed by atoms with Crippen LogP contribution in [0.2, 0.25) is 5.02 Å². The molecule has 118 valence electrons. The van der Waals surface area contributed by atoms with E-state index in [9.17, 15) is 8.42 Å². The van der Waals surface area contributed by atoms with E-state index in [2.05, 4.69) is 0 Å². The van der Waals surface area contributed by atoms with Gasteiger partial charge in [0.2, 0.25) is 10.0 Å². The molecule has 2 aromatic rings. The van der Waals surface area contributed by atoms with Gasteiger partial charge in [0, 0.05) is 11.4 Å². The van der Waals surface area contributed by atoms with Gasteiger partial charge in [0.25, 0.3) is 0 Å². The highest BCUT2D eigenvalue weighted by atomic mass is 35.5. The van der Waals surface area contributed by atoms with Crippen molar-refractivity contribution in [2.45, 2.75) is 23.8 Å². The van der Waals surface area contributed by atoms with E-state index in [1.54, 1.807) is 27.8 Å². The van der Waals surface area contributed by atoms with Crippen molar-refractivity contribution in [3.8, 4) is 5.75 Å². The number of methoxy groups -OCH3 is 1. The Morgan fingerprint density at radius 3 is 2.82 bits per heavy atom. The van der Waals surface area contributed by atoms with E-state index in [-0.39, 0.29) is 10.9 Å². The fourth-order valence-corrected chi connectivity index (χ4v) is 5.70. The van der Waals surface area contributed by atoms with E-state index in [0.717, 1.165) is 17.7 Å². The molecular formula is C15H16ClNO3S2. The summed E-state index contributed by atoms with van der Waals surface area (Å²) in [4.78, 5) is 1.29. The van der Waals surface area contributed by atoms with Gasteiger partial charge in [-0.05, 0) is 42.5 Å². The highest BCUT2D eigenvalue weighted by molar-refractivity contribution is 7.89. The lowest BCUT2D eigenvalue weighted by Crippen LogP contribution is -2.30. The maximum absolute atomic E-state index is 12.9. The third-order valence-corrected chi connectivity index (χ3v) is 6.98. The first-order valence-corrected chi connectivity index (χ1v) is 9.62. The smallest absolute Gasteiger partial charge is 0.243 e. The molecule has 7 heteroatoms. The minimum Gasteiger partial charge on any atom is -0.495 e. The van der Waals surface area contributed by atoms with Crippen LogP contribution < -0.4 is 4.74 Å². The molecule has 1 aliphatic heterocycles. The van der Waals surface area contributed by atoms with Crippen LogP contribution >= 0.6 is 22.9 Å². The van der Waals surface area contributed by atoms with Gasteiger partial charge >= 0.3 is 0 Å². The van der Waals surface area contributed by atoms with Gasteiger partial charge in [-0.2, -0.15) is 4.31 Å². The van der Waals surface area contributed by atoms with Crippen molar-refractivity contribution in [3.05, 3.63) is 45.6 Å². The summed E-state index contributed by atoms with van der Waals surface area (Å²) in [6.07, 6.45) is 1.72. The second kappa shape index (κ2) is 6.20. The predicted octanol–water partition coefficient (Wildman–Crippen LogP) is 3.94. The van der Waals surface area contributed by atoms with Crippen molar-refractivity contribution in [3.63, 3.8) is 0 Å². The maximum Gasteiger partial charge on any atom is 0.243 e. The second-order valence-electron chi connectivity index (χ2n) is 5.09. The number of hydrogen-bond donors (Lipinski definition) is 0. The van der Waals surface area contributed by atoms with Gasteiger partial charge in [0.1, 0.15) is 5.75 Å². The molecule has 3 rings (SSSR count). The van der Waals surface area contributed by atoms with Crippen molar-refractivity contribution in [2.75, 3.05) is 13.7 Å². The molecule has 0 saturated carbocycles. The van der Waals surface area contributed by atoms with Crippen LogP contribution in [0.1, 0.15) is 23.8 Å². The summed E-state index contributed by atoms with van der Waals surface area (Å²) in [6.45, 7) is 0.536. The number of ether oxygens (including phenoxy) is 1. The molecule has 1 fully saturated rings. The SMILES string of the molecule is COc1ccc(S(=O)(=O)N2CCCC2c2cccs2)cc1Cl. The molecule has 1 saturated heterocycles. The van der Waals surface area contributed by atoms with Gasteiger partial charge in [0.05, 0.1) is 23.1 Å². The molecule has 2 heterocycles. The lowest BCUT2D eigenvalue weighted by atomic mass is 10.2. The van der Waals surface area contributed by atoms with Crippen LogP contribution in [0.4, 0.5) is 0 Å². The van der Waals surface area contributed by atoms with E-state index in [1.807, 2.05) is 17.5 Å². The Morgan fingerprint density at radius 1 is 1.36 bits per heavy atom. The van der Waals surface area contributed by atoms with Gasteiger partial charge < -0.3 is 4.74 Å². The zero-order valence-corrected chi connectivity index (χ0v) is 14.4. The fourth-order valence-electron chi connectivity index (χ4n) is 2.74. The number of thiophene rings is 1. The summed E-state index contributed by atoms with van der Waals surface area (Å²) in [5, 5.41) is 2.28. The molecule has 1 aromatic carbocycles. The Kier molecular flexibility index (Phi) is 4.45. The van der Waals surface area contributed by atoms with E-state index < -0.39 is 10.0 Å². The van der Waals surface area contributed by atoms with Crippen LogP contribution in [0.5, 0.6) is 5.75 Å². The van der Waals surface area contributed by atoms with E-state index in [4.69, 9.17) is 16.3 Å². The summed E-state index contributed by atoms with van der Waals surface area (Å²) in [5.41, 5.74) is 0. The number of benzene rings is 1. The lowest BCUT2D eigenvalue weighted by molar-refractivity contribution is 0.400. The number of nitrogens with zero attached hydrogens (tertiary/aromatic N) is 1. The predicted molar refractivity (Wildman–Crippen MR) is 88.2 cm³/mol. The molecule has 4 nitrogen and oxygen atoms in total. The summed E-state index contributed by atoms with van der Waals surface area (Å²) in [5.74, 6) is 0.469. The molecule has 0 radical (unpaired) electrons. The summed E-state index contributed by atoms with van der Waals surface area (Å²) < 4.78 is 32.5. The molecule has 1 unspecified atom stereocenters. The minimum atomic E-state index is -3.56. The third-order valence-electron chi connectivity index (χ3n) is 3.81. The first-order valence-electron chi connectivity index (χ1n) is 6.93. The zero-order chi connectivity index (χ0) is 15.7. The lowest BCUT2D eigenvalue weighted by Gasteiger charge is -2.23. The zero-order valence-electron chi connectivity index (χ0n) is 12.0. The van der Waals surface area contributed by atoms with E-state index in [1.165, 1.54) is 13.2 Å². The number of sulfonamides is 1. The summed E-state index contributed by atoms with van der Waals surface area (Å²) in [7, 11) is -2.06. The first kappa shape index (κ1) is 15.8. The Bertz CT molecular complexity index is 759. The highest BCUT2D eigenvalue weighted by Crippen LogP contribution is 2.39. The normalized spacial score (nSPS) is 19.5. The molecule has 1 atom stereocenters. The van der Waals surface area contributed by atoms with Gasteiger partial charge in [-0.3, -0.25) is 0 Å². The first-order chi connectivity index (χ1) is 10.5. The van der Waals surface area contributed by atoms with Crippen LogP contribution in [0.3, 0.4) is 0 Å². The average molecular weight is 358 g/mol. The molecule has 1 aliphatic rings. The molecule has 0 amide bonds. The van der Waals surface area contributed by atoms with Gasteiger partial charge in [-0.25, -0.2) is 8.42 Å². The Hall–Kier alpha value is -1.08. The van der Waals surface area contributed by atoms with E-state index >= 15 is 0 Å². The standard InChI is InChI=1S/C15H16ClNO3S2/c1-20-14-7-6-11(10-12(14)16)22(18,19)17-8-2-4-13(17)15-5-3-9-21-15/h3,5-7,9-10,13H,2,4,8H2,1H3. The maximum atomic E-state index is 12.9. The van der Waals surface area contributed by atoms with Crippen molar-refractivity contribution in [2.24, 2.45) is 0 Å². The third kappa shape index (κ3) is 2.76. The molecular weight excluding hydrogens is 342 g/mol. The highest BCUT2D eigenvalue weighted by Gasteiger charge is 2.36. The van der Waals surface area contributed by atoms with Crippen molar-refractivity contribution >= 4 is 33.0 Å². The molecule has 0 N–H and O–H groups in total. The van der Waals surface area contributed by atoms with E-state index in [0.29, 0.717) is 17.3 Å². The minimum absolute atomic E-state index is 0.0779. The van der Waals surface area contributed by atoms with Crippen LogP contribution in [-0.2, 0) is 10.0 Å². The van der Waals surface area contributed by atoms with Crippen molar-refractivity contribution < 1.29 is 13.2 Å². The number of halogens is 1. The van der Waals surface area contributed by atoms with Crippen molar-refractivity contribution in [1.29, 1.82) is 0 Å². The molecule has 0 aliphatic carbocycles. The average Bonchev–Trinajstić information content (AvgIpc) is 3.17. The van der Waals surface area contributed by atoms with Crippen LogP contribution in [0.15, 0.2) is 40.6 Å². The largest absolute Gasteiger partial charge is 0.495 e. The molecule has 22 heavy (non-hydrogen) atoms. The molecule has 0 bridgehead atoms. The second-order valence-corrected chi connectivity index (χ2v) is 8.36. The molecule has 0 spiro atoms. The van der Waals surface area contributed by atoms with Crippen LogP contribution in [0, 0.1) is 0 Å². The topological polar surface area (TPSA) is 46.6 Å².